The van der Waals surface area contributed by atoms with E-state index in [1.54, 1.807) is 36.4 Å². The van der Waals surface area contributed by atoms with Crippen LogP contribution in [0.3, 0.4) is 0 Å². The molecule has 28 heavy (non-hydrogen) atoms. The average Bonchev–Trinajstić information content (AvgIpc) is 2.58. The summed E-state index contributed by atoms with van der Waals surface area (Å²) in [5.74, 6) is -0.791. The first kappa shape index (κ1) is 21.2. The van der Waals surface area contributed by atoms with E-state index in [0.29, 0.717) is 33.7 Å². The van der Waals surface area contributed by atoms with Gasteiger partial charge in [-0.05, 0) is 34.9 Å². The molecule has 0 aromatic heterocycles. The lowest BCUT2D eigenvalue weighted by Crippen LogP contribution is -2.21. The molecule has 0 fully saturated rings. The largest absolute Gasteiger partial charge is 0.496 e. The highest BCUT2D eigenvalue weighted by Crippen LogP contribution is 2.37. The predicted octanol–water partition coefficient (Wildman–Crippen LogP) is 2.00. The van der Waals surface area contributed by atoms with E-state index >= 15 is 0 Å². The minimum atomic E-state index is -3.46. The van der Waals surface area contributed by atoms with Gasteiger partial charge in [0.1, 0.15) is 5.75 Å². The number of aliphatic carboxylic acids is 1. The molecule has 2 aromatic rings. The maximum Gasteiger partial charge on any atom is 0.307 e. The number of hydrogen-bond donors (Lipinski definition) is 3. The first-order valence-electron chi connectivity index (χ1n) is 8.34. The minimum absolute atomic E-state index is 0.105. The lowest BCUT2D eigenvalue weighted by molar-refractivity contribution is -0.136. The minimum Gasteiger partial charge on any atom is -0.496 e. The number of sulfonamides is 1. The van der Waals surface area contributed by atoms with Crippen molar-refractivity contribution in [3.8, 4) is 16.9 Å². The summed E-state index contributed by atoms with van der Waals surface area (Å²) in [5, 5.41) is 11.9. The molecule has 1 amide bonds. The van der Waals surface area contributed by atoms with Crippen molar-refractivity contribution in [1.82, 2.24) is 5.32 Å². The number of benzene rings is 2. The zero-order valence-corrected chi connectivity index (χ0v) is 16.6. The Hall–Kier alpha value is -3.07. The number of methoxy groups -OCH3 is 1. The number of amides is 1. The van der Waals surface area contributed by atoms with Crippen LogP contribution in [0.25, 0.3) is 11.1 Å². The van der Waals surface area contributed by atoms with Gasteiger partial charge in [-0.15, -0.1) is 0 Å². The highest BCUT2D eigenvalue weighted by atomic mass is 32.2. The molecule has 3 N–H and O–H groups in total. The highest BCUT2D eigenvalue weighted by Gasteiger charge is 2.18. The summed E-state index contributed by atoms with van der Waals surface area (Å²) >= 11 is 0. The molecule has 2 aromatic carbocycles. The number of hydrogen-bond acceptors (Lipinski definition) is 5. The number of carbonyl (C=O) groups excluding carboxylic acids is 1. The van der Waals surface area contributed by atoms with E-state index in [1.165, 1.54) is 14.0 Å². The molecule has 0 saturated heterocycles. The summed E-state index contributed by atoms with van der Waals surface area (Å²) in [6, 6.07) is 9.96. The van der Waals surface area contributed by atoms with Crippen LogP contribution < -0.4 is 14.8 Å². The Morgan fingerprint density at radius 1 is 1.18 bits per heavy atom. The number of carbonyl (C=O) groups is 2. The molecular formula is C19H22N2O6S. The van der Waals surface area contributed by atoms with Crippen LogP contribution in [0.5, 0.6) is 5.75 Å². The van der Waals surface area contributed by atoms with Gasteiger partial charge >= 0.3 is 5.97 Å². The highest BCUT2D eigenvalue weighted by molar-refractivity contribution is 7.92. The standard InChI is InChI=1S/C19H22N2O6S/c1-12(22)20-11-16-13(10-18(23)24)7-8-17(27-2)19(16)14-5-4-6-15(9-14)21-28(3,25)26/h4-9,21H,10-11H2,1-3H3,(H,20,22)(H,23,24). The normalized spacial score (nSPS) is 11.0. The van der Waals surface area contributed by atoms with Gasteiger partial charge in [0.25, 0.3) is 0 Å². The molecule has 0 bridgehead atoms. The van der Waals surface area contributed by atoms with Gasteiger partial charge in [0.2, 0.25) is 15.9 Å². The van der Waals surface area contributed by atoms with Crippen LogP contribution in [-0.2, 0) is 32.6 Å². The molecule has 2 rings (SSSR count). The van der Waals surface area contributed by atoms with Gasteiger partial charge in [-0.2, -0.15) is 0 Å². The number of anilines is 1. The first-order chi connectivity index (χ1) is 13.1. The Labute approximate surface area is 163 Å². The van der Waals surface area contributed by atoms with Crippen LogP contribution in [0.2, 0.25) is 0 Å². The van der Waals surface area contributed by atoms with Crippen molar-refractivity contribution in [3.05, 3.63) is 47.5 Å². The van der Waals surface area contributed by atoms with Crippen molar-refractivity contribution in [1.29, 1.82) is 0 Å². The lowest BCUT2D eigenvalue weighted by Gasteiger charge is -2.19. The fourth-order valence-electron chi connectivity index (χ4n) is 2.85. The summed E-state index contributed by atoms with van der Waals surface area (Å²) in [4.78, 5) is 22.7. The molecule has 0 aliphatic rings. The SMILES string of the molecule is COc1ccc(CC(=O)O)c(CNC(C)=O)c1-c1cccc(NS(C)(=O)=O)c1. The van der Waals surface area contributed by atoms with Crippen molar-refractivity contribution in [2.24, 2.45) is 0 Å². The van der Waals surface area contributed by atoms with E-state index < -0.39 is 16.0 Å². The van der Waals surface area contributed by atoms with E-state index in [1.807, 2.05) is 0 Å². The summed E-state index contributed by atoms with van der Waals surface area (Å²) in [6.45, 7) is 1.47. The fraction of sp³-hybridized carbons (Fsp3) is 0.263. The Kier molecular flexibility index (Phi) is 6.63. The summed E-state index contributed by atoms with van der Waals surface area (Å²) in [7, 11) is -1.98. The summed E-state index contributed by atoms with van der Waals surface area (Å²) in [5.41, 5.74) is 2.69. The van der Waals surface area contributed by atoms with E-state index in [4.69, 9.17) is 4.74 Å². The molecule has 8 nitrogen and oxygen atoms in total. The van der Waals surface area contributed by atoms with Gasteiger partial charge in [0.15, 0.2) is 0 Å². The fourth-order valence-corrected chi connectivity index (χ4v) is 3.41. The van der Waals surface area contributed by atoms with Gasteiger partial charge in [-0.25, -0.2) is 8.42 Å². The van der Waals surface area contributed by atoms with Crippen LogP contribution in [0.1, 0.15) is 18.1 Å². The maximum atomic E-state index is 11.5. The number of carboxylic acid groups (broad SMARTS) is 1. The second kappa shape index (κ2) is 8.75. The van der Waals surface area contributed by atoms with E-state index in [2.05, 4.69) is 10.0 Å². The van der Waals surface area contributed by atoms with E-state index in [0.717, 1.165) is 6.26 Å². The third-order valence-electron chi connectivity index (χ3n) is 3.90. The van der Waals surface area contributed by atoms with Gasteiger partial charge < -0.3 is 15.2 Å². The number of ether oxygens (including phenoxy) is 1. The van der Waals surface area contributed by atoms with Crippen LogP contribution in [0, 0.1) is 0 Å². The Balaban J connectivity index is 2.67. The number of rotatable bonds is 8. The predicted molar refractivity (Wildman–Crippen MR) is 106 cm³/mol. The van der Waals surface area contributed by atoms with Crippen molar-refractivity contribution < 1.29 is 27.9 Å². The van der Waals surface area contributed by atoms with Crippen LogP contribution in [-0.4, -0.2) is 38.8 Å². The molecule has 0 atom stereocenters. The van der Waals surface area contributed by atoms with Crippen molar-refractivity contribution in [2.45, 2.75) is 19.9 Å². The molecule has 0 radical (unpaired) electrons. The molecule has 0 spiro atoms. The van der Waals surface area contributed by atoms with Gasteiger partial charge in [0, 0.05) is 24.7 Å². The molecule has 9 heteroatoms. The third kappa shape index (κ3) is 5.71. The smallest absolute Gasteiger partial charge is 0.307 e. The molecule has 150 valence electrons. The summed E-state index contributed by atoms with van der Waals surface area (Å²) in [6.07, 6.45) is 0.823. The lowest BCUT2D eigenvalue weighted by atomic mass is 9.92. The second-order valence-electron chi connectivity index (χ2n) is 6.22. The number of nitrogens with one attached hydrogen (secondary N) is 2. The second-order valence-corrected chi connectivity index (χ2v) is 7.96. The average molecular weight is 406 g/mol. The molecule has 0 aliphatic carbocycles. The summed E-state index contributed by atoms with van der Waals surface area (Å²) < 4.78 is 30.9. The molecule has 0 aliphatic heterocycles. The molecule has 0 saturated carbocycles. The maximum absolute atomic E-state index is 11.5. The Morgan fingerprint density at radius 3 is 2.46 bits per heavy atom. The topological polar surface area (TPSA) is 122 Å². The van der Waals surface area contributed by atoms with Crippen molar-refractivity contribution in [3.63, 3.8) is 0 Å². The van der Waals surface area contributed by atoms with Gasteiger partial charge in [-0.3, -0.25) is 14.3 Å². The van der Waals surface area contributed by atoms with Crippen LogP contribution in [0.15, 0.2) is 36.4 Å². The van der Waals surface area contributed by atoms with Gasteiger partial charge in [-0.1, -0.05) is 18.2 Å². The Bertz CT molecular complexity index is 1000. The first-order valence-corrected chi connectivity index (χ1v) is 10.2. The molecule has 0 unspecified atom stereocenters. The monoisotopic (exact) mass is 406 g/mol. The van der Waals surface area contributed by atoms with Gasteiger partial charge in [0.05, 0.1) is 19.8 Å². The zero-order chi connectivity index (χ0) is 20.9. The molecular weight excluding hydrogens is 384 g/mol. The number of carboxylic acids is 1. The van der Waals surface area contributed by atoms with Crippen molar-refractivity contribution in [2.75, 3.05) is 18.1 Å². The van der Waals surface area contributed by atoms with E-state index in [-0.39, 0.29) is 18.9 Å². The van der Waals surface area contributed by atoms with Crippen molar-refractivity contribution >= 4 is 27.6 Å². The van der Waals surface area contributed by atoms with E-state index in [9.17, 15) is 23.1 Å². The Morgan fingerprint density at radius 2 is 1.89 bits per heavy atom. The quantitative estimate of drug-likeness (QED) is 0.616. The van der Waals surface area contributed by atoms with Crippen LogP contribution >= 0.6 is 0 Å². The molecule has 0 heterocycles. The zero-order valence-electron chi connectivity index (χ0n) is 15.8. The van der Waals surface area contributed by atoms with Crippen LogP contribution in [0.4, 0.5) is 5.69 Å². The third-order valence-corrected chi connectivity index (χ3v) is 4.51.